The van der Waals surface area contributed by atoms with Crippen LogP contribution in [0.15, 0.2) is 36.4 Å². The quantitative estimate of drug-likeness (QED) is 0.600. The van der Waals surface area contributed by atoms with E-state index in [1.165, 1.54) is 18.2 Å². The van der Waals surface area contributed by atoms with Gasteiger partial charge in [0, 0.05) is 11.3 Å². The van der Waals surface area contributed by atoms with Crippen molar-refractivity contribution in [3.8, 4) is 0 Å². The standard InChI is InChI=1S/C19H20F3N3O3/c1-11-9-13(3)23-15(10-11)24-18(17(27)28-4,19(20,21)22)25-16(26)14-8-6-5-7-12(14)2/h5-10H,1-4H3,(H,23,24)(H,25,26). The number of nitrogens with zero attached hydrogens (tertiary/aromatic N) is 1. The predicted octanol–water partition coefficient (Wildman–Crippen LogP) is 3.28. The highest BCUT2D eigenvalue weighted by Crippen LogP contribution is 2.33. The molecule has 0 fully saturated rings. The molecule has 2 aromatic rings. The van der Waals surface area contributed by atoms with E-state index < -0.39 is 23.7 Å². The highest BCUT2D eigenvalue weighted by Gasteiger charge is 2.63. The first-order valence-corrected chi connectivity index (χ1v) is 8.27. The first kappa shape index (κ1) is 21.2. The topological polar surface area (TPSA) is 80.3 Å². The second-order valence-corrected chi connectivity index (χ2v) is 6.30. The summed E-state index contributed by atoms with van der Waals surface area (Å²) in [6.45, 7) is 4.83. The van der Waals surface area contributed by atoms with Crippen molar-refractivity contribution in [2.24, 2.45) is 0 Å². The van der Waals surface area contributed by atoms with Crippen LogP contribution in [0.3, 0.4) is 0 Å². The first-order chi connectivity index (χ1) is 13.0. The van der Waals surface area contributed by atoms with Crippen LogP contribution in [-0.4, -0.2) is 35.8 Å². The number of anilines is 1. The molecule has 0 aliphatic carbocycles. The molecule has 0 saturated carbocycles. The number of carbonyl (C=O) groups excluding carboxylic acids is 2. The van der Waals surface area contributed by atoms with Crippen LogP contribution < -0.4 is 10.6 Å². The van der Waals surface area contributed by atoms with Crippen LogP contribution in [0.2, 0.25) is 0 Å². The minimum Gasteiger partial charge on any atom is -0.466 e. The molecule has 6 nitrogen and oxygen atoms in total. The van der Waals surface area contributed by atoms with Gasteiger partial charge in [0.05, 0.1) is 7.11 Å². The lowest BCUT2D eigenvalue weighted by Gasteiger charge is -2.34. The number of hydrogen-bond donors (Lipinski definition) is 2. The fourth-order valence-corrected chi connectivity index (χ4v) is 2.71. The van der Waals surface area contributed by atoms with Gasteiger partial charge in [-0.1, -0.05) is 18.2 Å². The van der Waals surface area contributed by atoms with Crippen molar-refractivity contribution in [3.05, 3.63) is 58.8 Å². The molecule has 1 aromatic heterocycles. The van der Waals surface area contributed by atoms with Gasteiger partial charge in [-0.05, 0) is 50.1 Å². The average molecular weight is 395 g/mol. The number of aromatic nitrogens is 1. The monoisotopic (exact) mass is 395 g/mol. The van der Waals surface area contributed by atoms with Crippen molar-refractivity contribution in [1.82, 2.24) is 10.3 Å². The lowest BCUT2D eigenvalue weighted by molar-refractivity contribution is -0.203. The molecule has 1 heterocycles. The summed E-state index contributed by atoms with van der Waals surface area (Å²) < 4.78 is 46.6. The van der Waals surface area contributed by atoms with Gasteiger partial charge in [0.25, 0.3) is 5.91 Å². The number of methoxy groups -OCH3 is 1. The smallest absolute Gasteiger partial charge is 0.441 e. The van der Waals surface area contributed by atoms with Crippen LogP contribution in [-0.2, 0) is 9.53 Å². The van der Waals surface area contributed by atoms with Gasteiger partial charge in [0.2, 0.25) is 0 Å². The SMILES string of the molecule is COC(=O)C(NC(=O)c1ccccc1C)(Nc1cc(C)cc(C)n1)C(F)(F)F. The number of aryl methyl sites for hydroxylation is 3. The molecule has 28 heavy (non-hydrogen) atoms. The maximum absolute atomic E-state index is 14.1. The third-order valence-corrected chi connectivity index (χ3v) is 4.02. The van der Waals surface area contributed by atoms with E-state index in [1.807, 2.05) is 5.32 Å². The Hall–Kier alpha value is -3.10. The van der Waals surface area contributed by atoms with E-state index >= 15 is 0 Å². The normalized spacial score (nSPS) is 13.4. The number of alkyl halides is 3. The summed E-state index contributed by atoms with van der Waals surface area (Å²) in [5, 5.41) is 3.82. The van der Waals surface area contributed by atoms with E-state index in [0.717, 1.165) is 7.11 Å². The summed E-state index contributed by atoms with van der Waals surface area (Å²) in [7, 11) is 0.805. The molecule has 2 N–H and O–H groups in total. The van der Waals surface area contributed by atoms with Gasteiger partial charge in [0.15, 0.2) is 0 Å². The number of benzene rings is 1. The third-order valence-electron chi connectivity index (χ3n) is 4.02. The predicted molar refractivity (Wildman–Crippen MR) is 96.8 cm³/mol. The van der Waals surface area contributed by atoms with Gasteiger partial charge in [-0.15, -0.1) is 0 Å². The second-order valence-electron chi connectivity index (χ2n) is 6.30. The van der Waals surface area contributed by atoms with Crippen LogP contribution in [0.25, 0.3) is 0 Å². The average Bonchev–Trinajstić information content (AvgIpc) is 2.58. The maximum atomic E-state index is 14.1. The number of rotatable bonds is 5. The van der Waals surface area contributed by atoms with Gasteiger partial charge in [0.1, 0.15) is 5.82 Å². The zero-order chi connectivity index (χ0) is 21.1. The van der Waals surface area contributed by atoms with Gasteiger partial charge in [-0.2, -0.15) is 13.2 Å². The Kier molecular flexibility index (Phi) is 5.96. The molecule has 9 heteroatoms. The fourth-order valence-electron chi connectivity index (χ4n) is 2.71. The van der Waals surface area contributed by atoms with E-state index in [1.54, 1.807) is 44.3 Å². The number of nitrogens with one attached hydrogen (secondary N) is 2. The number of carbonyl (C=O) groups is 2. The summed E-state index contributed by atoms with van der Waals surface area (Å²) in [4.78, 5) is 28.8. The zero-order valence-electron chi connectivity index (χ0n) is 15.8. The molecule has 0 bridgehead atoms. The summed E-state index contributed by atoms with van der Waals surface area (Å²) in [6, 6.07) is 9.07. The van der Waals surface area contributed by atoms with Crippen molar-refractivity contribution in [2.75, 3.05) is 12.4 Å². The Morgan fingerprint density at radius 1 is 1.07 bits per heavy atom. The van der Waals surface area contributed by atoms with E-state index in [0.29, 0.717) is 16.8 Å². The van der Waals surface area contributed by atoms with Crippen LogP contribution in [0.4, 0.5) is 19.0 Å². The third kappa shape index (κ3) is 4.24. The zero-order valence-corrected chi connectivity index (χ0v) is 15.8. The number of esters is 1. The highest BCUT2D eigenvalue weighted by molar-refractivity contribution is 6.00. The molecule has 1 aromatic carbocycles. The molecule has 1 amide bonds. The van der Waals surface area contributed by atoms with Crippen molar-refractivity contribution < 1.29 is 27.5 Å². The Labute approximate surface area is 160 Å². The van der Waals surface area contributed by atoms with Crippen LogP contribution in [0.1, 0.15) is 27.2 Å². The molecule has 0 aliphatic rings. The van der Waals surface area contributed by atoms with Crippen LogP contribution >= 0.6 is 0 Å². The number of amides is 1. The lowest BCUT2D eigenvalue weighted by atomic mass is 10.1. The molecule has 150 valence electrons. The Balaban J connectivity index is 2.56. The molecule has 0 spiro atoms. The number of hydrogen-bond acceptors (Lipinski definition) is 5. The van der Waals surface area contributed by atoms with Crippen molar-refractivity contribution in [1.29, 1.82) is 0 Å². The van der Waals surface area contributed by atoms with Crippen molar-refractivity contribution in [3.63, 3.8) is 0 Å². The highest BCUT2D eigenvalue weighted by atomic mass is 19.4. The number of halogens is 3. The Morgan fingerprint density at radius 2 is 1.71 bits per heavy atom. The molecule has 0 radical (unpaired) electrons. The number of pyridine rings is 1. The van der Waals surface area contributed by atoms with Crippen molar-refractivity contribution in [2.45, 2.75) is 32.6 Å². The molecule has 2 rings (SSSR count). The number of ether oxygens (including phenoxy) is 1. The summed E-state index contributed by atoms with van der Waals surface area (Å²) in [5.74, 6) is -3.04. The molecular formula is C19H20F3N3O3. The molecule has 1 unspecified atom stereocenters. The lowest BCUT2D eigenvalue weighted by Crippen LogP contribution is -2.69. The molecule has 1 atom stereocenters. The van der Waals surface area contributed by atoms with Crippen molar-refractivity contribution >= 4 is 17.7 Å². The Bertz CT molecular complexity index is 879. The summed E-state index contributed by atoms with van der Waals surface area (Å²) in [6.07, 6.45) is -5.22. The van der Waals surface area contributed by atoms with E-state index in [-0.39, 0.29) is 11.4 Å². The molecule has 0 aliphatic heterocycles. The van der Waals surface area contributed by atoms with Gasteiger partial charge in [-0.3, -0.25) is 4.79 Å². The Morgan fingerprint density at radius 3 is 2.25 bits per heavy atom. The minimum atomic E-state index is -5.22. The minimum absolute atomic E-state index is 0.00444. The van der Waals surface area contributed by atoms with E-state index in [2.05, 4.69) is 9.72 Å². The van der Waals surface area contributed by atoms with Crippen LogP contribution in [0, 0.1) is 20.8 Å². The van der Waals surface area contributed by atoms with Gasteiger partial charge < -0.3 is 15.4 Å². The maximum Gasteiger partial charge on any atom is 0.441 e. The van der Waals surface area contributed by atoms with Crippen LogP contribution in [0.5, 0.6) is 0 Å². The summed E-state index contributed by atoms with van der Waals surface area (Å²) >= 11 is 0. The molecular weight excluding hydrogens is 375 g/mol. The summed E-state index contributed by atoms with van der Waals surface area (Å²) in [5.41, 5.74) is -2.01. The van der Waals surface area contributed by atoms with E-state index in [9.17, 15) is 22.8 Å². The second kappa shape index (κ2) is 7.87. The molecule has 0 saturated heterocycles. The first-order valence-electron chi connectivity index (χ1n) is 8.27. The largest absolute Gasteiger partial charge is 0.466 e. The van der Waals surface area contributed by atoms with Gasteiger partial charge >= 0.3 is 17.8 Å². The fraction of sp³-hybridized carbons (Fsp3) is 0.316. The van der Waals surface area contributed by atoms with E-state index in [4.69, 9.17) is 0 Å². The van der Waals surface area contributed by atoms with Gasteiger partial charge in [-0.25, -0.2) is 9.78 Å².